The molecule has 0 radical (unpaired) electrons. The lowest BCUT2D eigenvalue weighted by molar-refractivity contribution is -0.0419. The number of rotatable bonds is 7. The van der Waals surface area contributed by atoms with Crippen LogP contribution in [0.3, 0.4) is 0 Å². The summed E-state index contributed by atoms with van der Waals surface area (Å²) in [6.45, 7) is 0. The third-order valence-corrected chi connectivity index (χ3v) is 26.4. The van der Waals surface area contributed by atoms with Crippen LogP contribution in [-0.4, -0.2) is 17.2 Å². The van der Waals surface area contributed by atoms with Crippen molar-refractivity contribution in [3.63, 3.8) is 0 Å². The van der Waals surface area contributed by atoms with Crippen LogP contribution in [-0.2, 0) is 5.41 Å². The second-order valence-corrected chi connectivity index (χ2v) is 29.3. The Morgan fingerprint density at radius 2 is 0.779 bits per heavy atom. The number of anilines is 3. The van der Waals surface area contributed by atoms with Gasteiger partial charge in [0.25, 0.3) is 0 Å². The lowest BCUT2D eigenvalue weighted by atomic mass is 9.41. The number of benzene rings is 12. The van der Waals surface area contributed by atoms with Gasteiger partial charge in [-0.25, -0.2) is 0 Å². The SMILES string of the molecule is c1ccc(-n2c3ccccc3c3cc(-c4ccc5c(c4)c4ccccc4n5-c4cc(-c5cccc6c5-c5ccccc5[Si]6(c5ccccc5)c5ccccc5)cc(N5c6ccccc6C6(c7ccccc75)C5CC7CC(C5)CC6C7)c4)ccc32)cc1. The molecule has 4 aliphatic carbocycles. The summed E-state index contributed by atoms with van der Waals surface area (Å²) in [5.41, 5.74) is 21.6. The van der Waals surface area contributed by atoms with Gasteiger partial charge in [-0.15, -0.1) is 0 Å². The van der Waals surface area contributed by atoms with E-state index in [9.17, 15) is 0 Å². The largest absolute Gasteiger partial charge is 0.310 e. The fourth-order valence-corrected chi connectivity index (χ4v) is 23.8. The maximum absolute atomic E-state index is 2.80. The first-order valence-corrected chi connectivity index (χ1v) is 33.2. The third-order valence-electron chi connectivity index (χ3n) is 21.5. The maximum Gasteiger partial charge on any atom is 0.180 e. The molecule has 0 saturated heterocycles. The molecule has 4 saturated carbocycles. The fraction of sp³-hybridized carbons (Fsp3) is 0.122. The Morgan fingerprint density at radius 1 is 0.314 bits per heavy atom. The standard InChI is InChI=1S/C82H61N3Si/c1-4-21-60(22-5-1)83-73-33-15-10-27-66(73)69-50-55(39-41-75(69)83)56-40-42-76-70(51-56)67-28-11-16-34-74(67)84(76)61-48-57(65-30-20-38-80-81(65)68-29-12-19-37-79(68)86(80,63-23-6-2-7-24-63)64-25-8-3-9-26-64)49-62(52-61)85-77-35-17-13-31-71(77)82(72-32-14-18-36-78(72)85)58-44-53-43-54(46-58)47-59(82)45-53/h1-42,48-54,58-59H,43-47H2. The van der Waals surface area contributed by atoms with Gasteiger partial charge in [0, 0.05) is 44.0 Å². The Hall–Kier alpha value is -9.74. The molecule has 0 N–H and O–H groups in total. The van der Waals surface area contributed by atoms with Crippen molar-refractivity contribution < 1.29 is 0 Å². The zero-order valence-corrected chi connectivity index (χ0v) is 48.8. The molecule has 3 nitrogen and oxygen atoms in total. The molecule has 4 heterocycles. The first kappa shape index (κ1) is 48.6. The van der Waals surface area contributed by atoms with E-state index in [2.05, 4.69) is 299 Å². The highest BCUT2D eigenvalue weighted by Gasteiger charge is 2.61. The van der Waals surface area contributed by atoms with E-state index in [0.717, 1.165) is 17.5 Å². The lowest BCUT2D eigenvalue weighted by Gasteiger charge is -2.64. The van der Waals surface area contributed by atoms with Gasteiger partial charge in [-0.05, 0) is 200 Å². The molecule has 4 bridgehead atoms. The number of nitrogens with zero attached hydrogens (tertiary/aromatic N) is 3. The van der Waals surface area contributed by atoms with E-state index < -0.39 is 8.07 Å². The minimum Gasteiger partial charge on any atom is -0.310 e. The zero-order valence-electron chi connectivity index (χ0n) is 47.8. The van der Waals surface area contributed by atoms with Gasteiger partial charge in [0.15, 0.2) is 8.07 Å². The molecular weight excluding hydrogens is 1060 g/mol. The molecule has 2 aliphatic heterocycles. The topological polar surface area (TPSA) is 13.1 Å². The number of aromatic nitrogens is 2. The number of hydrogen-bond donors (Lipinski definition) is 0. The molecule has 20 rings (SSSR count). The number of hydrogen-bond acceptors (Lipinski definition) is 1. The van der Waals surface area contributed by atoms with Gasteiger partial charge in [-0.2, -0.15) is 0 Å². The van der Waals surface area contributed by atoms with Crippen molar-refractivity contribution in [1.82, 2.24) is 9.13 Å². The monoisotopic (exact) mass is 1120 g/mol. The van der Waals surface area contributed by atoms with Crippen LogP contribution in [0.5, 0.6) is 0 Å². The molecule has 4 heteroatoms. The second kappa shape index (κ2) is 18.4. The Kier molecular flexibility index (Phi) is 10.4. The van der Waals surface area contributed by atoms with E-state index in [-0.39, 0.29) is 5.41 Å². The smallest absolute Gasteiger partial charge is 0.180 e. The van der Waals surface area contributed by atoms with E-state index in [4.69, 9.17) is 0 Å². The summed E-state index contributed by atoms with van der Waals surface area (Å²) in [5, 5.41) is 10.7. The lowest BCUT2D eigenvalue weighted by Crippen LogP contribution is -2.72. The molecule has 14 aromatic rings. The van der Waals surface area contributed by atoms with Crippen molar-refractivity contribution in [3.8, 4) is 44.8 Å². The van der Waals surface area contributed by atoms with E-state index >= 15 is 0 Å². The van der Waals surface area contributed by atoms with Gasteiger partial charge >= 0.3 is 0 Å². The molecule has 408 valence electrons. The molecule has 6 aliphatic rings. The van der Waals surface area contributed by atoms with Crippen molar-refractivity contribution in [1.29, 1.82) is 0 Å². The Labute approximate surface area is 502 Å². The summed E-state index contributed by atoms with van der Waals surface area (Å²) < 4.78 is 4.98. The minimum atomic E-state index is -2.80. The van der Waals surface area contributed by atoms with Crippen LogP contribution in [0.4, 0.5) is 17.1 Å². The van der Waals surface area contributed by atoms with Crippen molar-refractivity contribution in [2.75, 3.05) is 4.90 Å². The quantitative estimate of drug-likeness (QED) is 0.145. The number of para-hydroxylation sites is 5. The molecule has 2 aromatic heterocycles. The highest BCUT2D eigenvalue weighted by atomic mass is 28.3. The predicted molar refractivity (Wildman–Crippen MR) is 361 cm³/mol. The molecule has 0 atom stereocenters. The van der Waals surface area contributed by atoms with Gasteiger partial charge in [-0.1, -0.05) is 206 Å². The van der Waals surface area contributed by atoms with Crippen LogP contribution in [0.25, 0.3) is 88.4 Å². The fourth-order valence-electron chi connectivity index (χ4n) is 18.6. The van der Waals surface area contributed by atoms with Gasteiger partial charge in [0.1, 0.15) is 0 Å². The zero-order chi connectivity index (χ0) is 56.2. The molecule has 4 fully saturated rings. The normalized spacial score (nSPS) is 19.1. The molecule has 1 spiro atoms. The molecule has 86 heavy (non-hydrogen) atoms. The Balaban J connectivity index is 0.856. The van der Waals surface area contributed by atoms with Crippen molar-refractivity contribution in [2.24, 2.45) is 23.7 Å². The first-order valence-electron chi connectivity index (χ1n) is 31.2. The number of fused-ring (bicyclic) bond motifs is 11. The van der Waals surface area contributed by atoms with Gasteiger partial charge in [-0.3, -0.25) is 0 Å². The van der Waals surface area contributed by atoms with Crippen molar-refractivity contribution >= 4 is 89.5 Å². The van der Waals surface area contributed by atoms with Gasteiger partial charge in [0.05, 0.1) is 33.4 Å². The van der Waals surface area contributed by atoms with Crippen molar-refractivity contribution in [3.05, 3.63) is 296 Å². The van der Waals surface area contributed by atoms with Crippen LogP contribution in [0.2, 0.25) is 0 Å². The van der Waals surface area contributed by atoms with Crippen LogP contribution < -0.4 is 25.6 Å². The maximum atomic E-state index is 2.68. The van der Waals surface area contributed by atoms with E-state index in [1.165, 1.54) is 164 Å². The minimum absolute atomic E-state index is 0.00161. The summed E-state index contributed by atoms with van der Waals surface area (Å²) in [6.07, 6.45) is 6.80. The molecule has 12 aromatic carbocycles. The van der Waals surface area contributed by atoms with E-state index in [1.807, 2.05) is 0 Å². The molecule has 0 amide bonds. The van der Waals surface area contributed by atoms with Crippen LogP contribution in [0.15, 0.2) is 285 Å². The average molecular weight is 1120 g/mol. The van der Waals surface area contributed by atoms with Crippen LogP contribution >= 0.6 is 0 Å². The first-order chi connectivity index (χ1) is 42.6. The van der Waals surface area contributed by atoms with Gasteiger partial charge < -0.3 is 14.0 Å². The average Bonchev–Trinajstić information content (AvgIpc) is 0.974. The molecular formula is C82H61N3Si. The highest BCUT2D eigenvalue weighted by molar-refractivity contribution is 7.22. The predicted octanol–water partition coefficient (Wildman–Crippen LogP) is 18.1. The highest BCUT2D eigenvalue weighted by Crippen LogP contribution is 2.69. The van der Waals surface area contributed by atoms with E-state index in [1.54, 1.807) is 0 Å². The Morgan fingerprint density at radius 3 is 1.38 bits per heavy atom. The summed E-state index contributed by atoms with van der Waals surface area (Å²) in [4.78, 5) is 2.68. The summed E-state index contributed by atoms with van der Waals surface area (Å²) in [5.74, 6) is 3.02. The summed E-state index contributed by atoms with van der Waals surface area (Å²) in [6, 6.07) is 109. The van der Waals surface area contributed by atoms with Crippen LogP contribution in [0.1, 0.15) is 43.2 Å². The van der Waals surface area contributed by atoms with Gasteiger partial charge in [0.2, 0.25) is 0 Å². The second-order valence-electron chi connectivity index (χ2n) is 25.5. The summed E-state index contributed by atoms with van der Waals surface area (Å²) in [7, 11) is -2.80. The van der Waals surface area contributed by atoms with Crippen LogP contribution in [0, 0.1) is 23.7 Å². The molecule has 0 unspecified atom stereocenters. The van der Waals surface area contributed by atoms with E-state index in [0.29, 0.717) is 11.8 Å². The summed E-state index contributed by atoms with van der Waals surface area (Å²) >= 11 is 0. The Bertz CT molecular complexity index is 4970. The third kappa shape index (κ3) is 6.63. The van der Waals surface area contributed by atoms with Crippen molar-refractivity contribution in [2.45, 2.75) is 37.5 Å².